The van der Waals surface area contributed by atoms with Gasteiger partial charge in [0.05, 0.1) is 10.6 Å². The molecule has 0 aliphatic carbocycles. The molecule has 0 aliphatic heterocycles. The van der Waals surface area contributed by atoms with E-state index >= 15 is 0 Å². The SMILES string of the molecule is N#Cc1cc(Cl)ccc1OCc1c(F)cccc1Cl. The third-order valence-electron chi connectivity index (χ3n) is 2.50. The van der Waals surface area contributed by atoms with Crippen molar-refractivity contribution in [3.63, 3.8) is 0 Å². The van der Waals surface area contributed by atoms with Gasteiger partial charge < -0.3 is 4.74 Å². The first-order chi connectivity index (χ1) is 9.11. The topological polar surface area (TPSA) is 33.0 Å². The maximum absolute atomic E-state index is 13.5. The number of nitrogens with zero attached hydrogens (tertiary/aromatic N) is 1. The molecule has 2 aromatic carbocycles. The highest BCUT2D eigenvalue weighted by Gasteiger charge is 2.10. The second-order valence-corrected chi connectivity index (χ2v) is 4.58. The molecule has 0 radical (unpaired) electrons. The van der Waals surface area contributed by atoms with Crippen molar-refractivity contribution >= 4 is 23.2 Å². The van der Waals surface area contributed by atoms with Gasteiger partial charge >= 0.3 is 0 Å². The number of halogens is 3. The lowest BCUT2D eigenvalue weighted by molar-refractivity contribution is 0.299. The summed E-state index contributed by atoms with van der Waals surface area (Å²) in [5, 5.41) is 9.68. The Hall–Kier alpha value is -1.76. The lowest BCUT2D eigenvalue weighted by atomic mass is 10.2. The van der Waals surface area contributed by atoms with Crippen molar-refractivity contribution in [2.45, 2.75) is 6.61 Å². The molecule has 0 atom stereocenters. The van der Waals surface area contributed by atoms with Crippen molar-refractivity contribution in [3.8, 4) is 11.8 Å². The van der Waals surface area contributed by atoms with Crippen LogP contribution in [0.25, 0.3) is 0 Å². The molecular weight excluding hydrogens is 288 g/mol. The van der Waals surface area contributed by atoms with E-state index in [1.54, 1.807) is 18.2 Å². The molecule has 5 heteroatoms. The van der Waals surface area contributed by atoms with Crippen molar-refractivity contribution in [2.75, 3.05) is 0 Å². The van der Waals surface area contributed by atoms with E-state index in [2.05, 4.69) is 0 Å². The van der Waals surface area contributed by atoms with Gasteiger partial charge in [-0.15, -0.1) is 0 Å². The highest BCUT2D eigenvalue weighted by atomic mass is 35.5. The van der Waals surface area contributed by atoms with E-state index in [-0.39, 0.29) is 17.2 Å². The molecule has 2 rings (SSSR count). The van der Waals surface area contributed by atoms with Crippen LogP contribution >= 0.6 is 23.2 Å². The number of ether oxygens (including phenoxy) is 1. The Morgan fingerprint density at radius 2 is 2.00 bits per heavy atom. The van der Waals surface area contributed by atoms with Gasteiger partial charge in [0, 0.05) is 10.6 Å². The molecule has 0 fully saturated rings. The molecule has 0 saturated carbocycles. The van der Waals surface area contributed by atoms with E-state index in [0.717, 1.165) is 0 Å². The molecule has 19 heavy (non-hydrogen) atoms. The van der Waals surface area contributed by atoms with Crippen LogP contribution in [0.3, 0.4) is 0 Å². The molecule has 0 bridgehead atoms. The van der Waals surface area contributed by atoms with Gasteiger partial charge in [-0.2, -0.15) is 5.26 Å². The van der Waals surface area contributed by atoms with Crippen LogP contribution in [0.1, 0.15) is 11.1 Å². The normalized spacial score (nSPS) is 10.0. The zero-order chi connectivity index (χ0) is 13.8. The van der Waals surface area contributed by atoms with Gasteiger partial charge in [-0.3, -0.25) is 0 Å². The first kappa shape index (κ1) is 13.7. The standard InChI is InChI=1S/C14H8Cl2FNO/c15-10-4-5-14(9(6-10)7-18)19-8-11-12(16)2-1-3-13(11)17/h1-6H,8H2. The van der Waals surface area contributed by atoms with Gasteiger partial charge in [0.25, 0.3) is 0 Å². The van der Waals surface area contributed by atoms with E-state index in [0.29, 0.717) is 16.3 Å². The maximum atomic E-state index is 13.5. The fourth-order valence-corrected chi connectivity index (χ4v) is 1.93. The second kappa shape index (κ2) is 5.92. The zero-order valence-corrected chi connectivity index (χ0v) is 11.2. The molecule has 0 aliphatic rings. The average molecular weight is 296 g/mol. The van der Waals surface area contributed by atoms with E-state index in [4.69, 9.17) is 33.2 Å². The fourth-order valence-electron chi connectivity index (χ4n) is 1.54. The highest BCUT2D eigenvalue weighted by Crippen LogP contribution is 2.25. The highest BCUT2D eigenvalue weighted by molar-refractivity contribution is 6.31. The van der Waals surface area contributed by atoms with Gasteiger partial charge in [-0.25, -0.2) is 4.39 Å². The largest absolute Gasteiger partial charge is 0.487 e. The minimum atomic E-state index is -0.444. The van der Waals surface area contributed by atoms with Crippen molar-refractivity contribution in [3.05, 3.63) is 63.4 Å². The minimum Gasteiger partial charge on any atom is -0.487 e. The summed E-state index contributed by atoms with van der Waals surface area (Å²) in [6.07, 6.45) is 0. The van der Waals surface area contributed by atoms with Gasteiger partial charge in [0.1, 0.15) is 24.2 Å². The monoisotopic (exact) mass is 295 g/mol. The molecule has 96 valence electrons. The number of benzene rings is 2. The smallest absolute Gasteiger partial charge is 0.137 e. The molecule has 2 nitrogen and oxygen atoms in total. The van der Waals surface area contributed by atoms with E-state index in [1.807, 2.05) is 6.07 Å². The summed E-state index contributed by atoms with van der Waals surface area (Å²) < 4.78 is 19.0. The molecule has 0 heterocycles. The summed E-state index contributed by atoms with van der Waals surface area (Å²) in [5.74, 6) is -0.105. The van der Waals surface area contributed by atoms with Crippen LogP contribution in [0.2, 0.25) is 10.0 Å². The number of hydrogen-bond donors (Lipinski definition) is 0. The fraction of sp³-hybridized carbons (Fsp3) is 0.0714. The maximum Gasteiger partial charge on any atom is 0.137 e. The second-order valence-electron chi connectivity index (χ2n) is 3.74. The van der Waals surface area contributed by atoms with Crippen LogP contribution in [0, 0.1) is 17.1 Å². The first-order valence-electron chi connectivity index (χ1n) is 5.37. The Morgan fingerprint density at radius 3 is 2.68 bits per heavy atom. The molecule has 0 aromatic heterocycles. The van der Waals surface area contributed by atoms with E-state index < -0.39 is 5.82 Å². The van der Waals surface area contributed by atoms with Crippen molar-refractivity contribution < 1.29 is 9.13 Å². The predicted octanol–water partition coefficient (Wildman–Crippen LogP) is 4.58. The Morgan fingerprint density at radius 1 is 1.21 bits per heavy atom. The number of nitriles is 1. The quantitative estimate of drug-likeness (QED) is 0.830. The molecule has 0 amide bonds. The Bertz CT molecular complexity index is 632. The van der Waals surface area contributed by atoms with Gasteiger partial charge in [-0.1, -0.05) is 29.3 Å². The van der Waals surface area contributed by atoms with Crippen molar-refractivity contribution in [2.24, 2.45) is 0 Å². The average Bonchev–Trinajstić information content (AvgIpc) is 2.39. The van der Waals surface area contributed by atoms with Gasteiger partial charge in [0.15, 0.2) is 0 Å². The molecule has 0 N–H and O–H groups in total. The minimum absolute atomic E-state index is 0.0538. The molecule has 0 unspecified atom stereocenters. The van der Waals surface area contributed by atoms with Gasteiger partial charge in [0.2, 0.25) is 0 Å². The van der Waals surface area contributed by atoms with Crippen molar-refractivity contribution in [1.82, 2.24) is 0 Å². The number of rotatable bonds is 3. The lowest BCUT2D eigenvalue weighted by Gasteiger charge is -2.10. The van der Waals surface area contributed by atoms with Crippen molar-refractivity contribution in [1.29, 1.82) is 5.26 Å². The summed E-state index contributed by atoms with van der Waals surface area (Å²) in [7, 11) is 0. The summed E-state index contributed by atoms with van der Waals surface area (Å²) in [4.78, 5) is 0. The van der Waals surface area contributed by atoms with Crippen LogP contribution in [0.4, 0.5) is 4.39 Å². The van der Waals surface area contributed by atoms with Crippen LogP contribution < -0.4 is 4.74 Å². The molecule has 0 saturated heterocycles. The van der Waals surface area contributed by atoms with Crippen LogP contribution in [0.5, 0.6) is 5.75 Å². The van der Waals surface area contributed by atoms with Crippen LogP contribution in [-0.4, -0.2) is 0 Å². The zero-order valence-electron chi connectivity index (χ0n) is 9.66. The van der Waals surface area contributed by atoms with E-state index in [9.17, 15) is 4.39 Å². The van der Waals surface area contributed by atoms with Crippen LogP contribution in [-0.2, 0) is 6.61 Å². The third-order valence-corrected chi connectivity index (χ3v) is 3.08. The number of hydrogen-bond acceptors (Lipinski definition) is 2. The van der Waals surface area contributed by atoms with Crippen LogP contribution in [0.15, 0.2) is 36.4 Å². The summed E-state index contributed by atoms with van der Waals surface area (Å²) >= 11 is 11.7. The summed E-state index contributed by atoms with van der Waals surface area (Å²) in [5.41, 5.74) is 0.544. The lowest BCUT2D eigenvalue weighted by Crippen LogP contribution is -2.00. The third kappa shape index (κ3) is 3.17. The molecule has 0 spiro atoms. The predicted molar refractivity (Wildman–Crippen MR) is 71.9 cm³/mol. The summed E-state index contributed by atoms with van der Waals surface area (Å²) in [6, 6.07) is 11.0. The summed E-state index contributed by atoms with van der Waals surface area (Å²) in [6.45, 7) is -0.0538. The molecule has 2 aromatic rings. The van der Waals surface area contributed by atoms with E-state index in [1.165, 1.54) is 18.2 Å². The molecular formula is C14H8Cl2FNO. The van der Waals surface area contributed by atoms with Gasteiger partial charge in [-0.05, 0) is 30.3 Å². The Kier molecular flexibility index (Phi) is 4.26. The Labute approximate surface area is 119 Å². The Balaban J connectivity index is 2.22. The first-order valence-corrected chi connectivity index (χ1v) is 6.12.